The third-order valence-electron chi connectivity index (χ3n) is 3.48. The molecule has 0 fully saturated rings. The number of hydrogen-bond acceptors (Lipinski definition) is 3. The number of nitrogens with one attached hydrogen (secondary N) is 1. The van der Waals surface area contributed by atoms with Gasteiger partial charge in [-0.15, -0.1) is 0 Å². The van der Waals surface area contributed by atoms with E-state index in [1.54, 1.807) is 19.2 Å². The maximum Gasteiger partial charge on any atom is 0.214 e. The number of pyridine rings is 1. The number of methoxy groups -OCH3 is 1. The van der Waals surface area contributed by atoms with Crippen LogP contribution in [0.4, 0.5) is 10.2 Å². The SMILES string of the molecule is COc1cccc2c1CCC2Nc1cccc(F)n1. The van der Waals surface area contributed by atoms with Gasteiger partial charge in [0.1, 0.15) is 11.6 Å². The molecular formula is C15H15FN2O. The minimum absolute atomic E-state index is 0.166. The van der Waals surface area contributed by atoms with Crippen LogP contribution in [0.3, 0.4) is 0 Å². The average molecular weight is 258 g/mol. The van der Waals surface area contributed by atoms with E-state index in [9.17, 15) is 4.39 Å². The van der Waals surface area contributed by atoms with Crippen molar-refractivity contribution in [2.75, 3.05) is 12.4 Å². The van der Waals surface area contributed by atoms with Crippen molar-refractivity contribution in [3.63, 3.8) is 0 Å². The highest BCUT2D eigenvalue weighted by atomic mass is 19.1. The lowest BCUT2D eigenvalue weighted by Crippen LogP contribution is -2.08. The molecule has 98 valence electrons. The molecule has 0 saturated heterocycles. The first kappa shape index (κ1) is 12.0. The number of rotatable bonds is 3. The van der Waals surface area contributed by atoms with Gasteiger partial charge in [-0.3, -0.25) is 0 Å². The molecule has 3 rings (SSSR count). The van der Waals surface area contributed by atoms with E-state index >= 15 is 0 Å². The van der Waals surface area contributed by atoms with Crippen molar-refractivity contribution in [3.05, 3.63) is 53.5 Å². The van der Waals surface area contributed by atoms with Crippen molar-refractivity contribution >= 4 is 5.82 Å². The minimum atomic E-state index is -0.464. The summed E-state index contributed by atoms with van der Waals surface area (Å²) in [4.78, 5) is 3.84. The van der Waals surface area contributed by atoms with Crippen LogP contribution in [0, 0.1) is 5.95 Å². The summed E-state index contributed by atoms with van der Waals surface area (Å²) in [6.45, 7) is 0. The molecule has 19 heavy (non-hydrogen) atoms. The minimum Gasteiger partial charge on any atom is -0.496 e. The van der Waals surface area contributed by atoms with E-state index in [1.807, 2.05) is 12.1 Å². The highest BCUT2D eigenvalue weighted by Crippen LogP contribution is 2.38. The van der Waals surface area contributed by atoms with Crippen LogP contribution in [0.2, 0.25) is 0 Å². The number of anilines is 1. The number of hydrogen-bond donors (Lipinski definition) is 1. The van der Waals surface area contributed by atoms with Crippen LogP contribution in [0.5, 0.6) is 5.75 Å². The van der Waals surface area contributed by atoms with Crippen molar-refractivity contribution in [2.24, 2.45) is 0 Å². The fraction of sp³-hybridized carbons (Fsp3) is 0.267. The standard InChI is InChI=1S/C15H15FN2O/c1-19-13-5-2-4-10-11(13)8-9-12(10)17-15-7-3-6-14(16)18-15/h2-7,12H,8-9H2,1H3,(H,17,18). The van der Waals surface area contributed by atoms with Gasteiger partial charge in [0.2, 0.25) is 5.95 Å². The maximum atomic E-state index is 13.1. The highest BCUT2D eigenvalue weighted by molar-refractivity contribution is 5.49. The van der Waals surface area contributed by atoms with Gasteiger partial charge in [-0.1, -0.05) is 18.2 Å². The molecule has 1 aromatic heterocycles. The van der Waals surface area contributed by atoms with E-state index in [0.29, 0.717) is 5.82 Å². The summed E-state index contributed by atoms with van der Waals surface area (Å²) in [6, 6.07) is 11.0. The van der Waals surface area contributed by atoms with Gasteiger partial charge in [-0.25, -0.2) is 4.98 Å². The summed E-state index contributed by atoms with van der Waals surface area (Å²) < 4.78 is 18.5. The molecule has 0 bridgehead atoms. The van der Waals surface area contributed by atoms with E-state index in [0.717, 1.165) is 18.6 Å². The Bertz CT molecular complexity index is 600. The number of fused-ring (bicyclic) bond motifs is 1. The number of benzene rings is 1. The third-order valence-corrected chi connectivity index (χ3v) is 3.48. The molecular weight excluding hydrogens is 243 g/mol. The van der Waals surface area contributed by atoms with Crippen molar-refractivity contribution in [1.29, 1.82) is 0 Å². The summed E-state index contributed by atoms with van der Waals surface area (Å²) in [5, 5.41) is 3.28. The Morgan fingerprint density at radius 2 is 2.11 bits per heavy atom. The zero-order chi connectivity index (χ0) is 13.2. The Labute approximate surface area is 111 Å². The molecule has 0 saturated carbocycles. The topological polar surface area (TPSA) is 34.1 Å². The number of nitrogens with zero attached hydrogens (tertiary/aromatic N) is 1. The lowest BCUT2D eigenvalue weighted by molar-refractivity contribution is 0.410. The van der Waals surface area contributed by atoms with E-state index in [4.69, 9.17) is 4.74 Å². The predicted octanol–water partition coefficient (Wildman–Crippen LogP) is 3.33. The summed E-state index contributed by atoms with van der Waals surface area (Å²) in [5.41, 5.74) is 2.45. The maximum absolute atomic E-state index is 13.1. The molecule has 1 N–H and O–H groups in total. The monoisotopic (exact) mass is 258 g/mol. The first-order valence-corrected chi connectivity index (χ1v) is 6.33. The van der Waals surface area contributed by atoms with Gasteiger partial charge < -0.3 is 10.1 Å². The van der Waals surface area contributed by atoms with Gasteiger partial charge in [0, 0.05) is 0 Å². The number of ether oxygens (including phenoxy) is 1. The second-order valence-corrected chi connectivity index (χ2v) is 4.61. The Hall–Kier alpha value is -2.10. The summed E-state index contributed by atoms with van der Waals surface area (Å²) in [5.74, 6) is 1.03. The fourth-order valence-corrected chi connectivity index (χ4v) is 2.63. The van der Waals surface area contributed by atoms with Gasteiger partial charge in [0.15, 0.2) is 0 Å². The van der Waals surface area contributed by atoms with Crippen LogP contribution < -0.4 is 10.1 Å². The van der Waals surface area contributed by atoms with E-state index in [1.165, 1.54) is 17.2 Å². The van der Waals surface area contributed by atoms with Gasteiger partial charge in [0.05, 0.1) is 13.2 Å². The largest absolute Gasteiger partial charge is 0.496 e. The van der Waals surface area contributed by atoms with Crippen molar-refractivity contribution < 1.29 is 9.13 Å². The van der Waals surface area contributed by atoms with Crippen molar-refractivity contribution in [1.82, 2.24) is 4.98 Å². The normalized spacial score (nSPS) is 17.1. The molecule has 0 radical (unpaired) electrons. The molecule has 0 aliphatic heterocycles. The molecule has 1 aliphatic carbocycles. The molecule has 0 amide bonds. The summed E-state index contributed by atoms with van der Waals surface area (Å²) >= 11 is 0. The van der Waals surface area contributed by atoms with Gasteiger partial charge in [-0.2, -0.15) is 4.39 Å². The van der Waals surface area contributed by atoms with Crippen LogP contribution >= 0.6 is 0 Å². The zero-order valence-electron chi connectivity index (χ0n) is 10.7. The first-order valence-electron chi connectivity index (χ1n) is 6.33. The van der Waals surface area contributed by atoms with E-state index in [-0.39, 0.29) is 6.04 Å². The summed E-state index contributed by atoms with van der Waals surface area (Å²) in [6.07, 6.45) is 1.93. The third kappa shape index (κ3) is 2.26. The second kappa shape index (κ2) is 4.88. The number of halogens is 1. The predicted molar refractivity (Wildman–Crippen MR) is 71.9 cm³/mol. The van der Waals surface area contributed by atoms with Crippen LogP contribution in [0.15, 0.2) is 36.4 Å². The van der Waals surface area contributed by atoms with E-state index in [2.05, 4.69) is 16.4 Å². The lowest BCUT2D eigenvalue weighted by atomic mass is 10.1. The molecule has 1 atom stereocenters. The molecule has 1 heterocycles. The average Bonchev–Trinajstić information content (AvgIpc) is 2.82. The van der Waals surface area contributed by atoms with Crippen LogP contribution in [0.1, 0.15) is 23.6 Å². The lowest BCUT2D eigenvalue weighted by Gasteiger charge is -2.15. The zero-order valence-corrected chi connectivity index (χ0v) is 10.7. The van der Waals surface area contributed by atoms with Crippen molar-refractivity contribution in [2.45, 2.75) is 18.9 Å². The first-order chi connectivity index (χ1) is 9.28. The number of aromatic nitrogens is 1. The molecule has 1 aliphatic rings. The Balaban J connectivity index is 1.87. The van der Waals surface area contributed by atoms with Gasteiger partial charge in [-0.05, 0) is 42.2 Å². The quantitative estimate of drug-likeness (QED) is 0.857. The smallest absolute Gasteiger partial charge is 0.214 e. The van der Waals surface area contributed by atoms with Gasteiger partial charge in [0.25, 0.3) is 0 Å². The van der Waals surface area contributed by atoms with Crippen molar-refractivity contribution in [3.8, 4) is 5.75 Å². The molecule has 3 nitrogen and oxygen atoms in total. The Morgan fingerprint density at radius 1 is 1.26 bits per heavy atom. The van der Waals surface area contributed by atoms with Crippen LogP contribution in [-0.2, 0) is 6.42 Å². The molecule has 1 aromatic carbocycles. The van der Waals surface area contributed by atoms with Crippen LogP contribution in [-0.4, -0.2) is 12.1 Å². The molecule has 1 unspecified atom stereocenters. The fourth-order valence-electron chi connectivity index (χ4n) is 2.63. The second-order valence-electron chi connectivity index (χ2n) is 4.61. The molecule has 0 spiro atoms. The molecule has 4 heteroatoms. The Morgan fingerprint density at radius 3 is 2.89 bits per heavy atom. The highest BCUT2D eigenvalue weighted by Gasteiger charge is 2.25. The van der Waals surface area contributed by atoms with E-state index < -0.39 is 5.95 Å². The van der Waals surface area contributed by atoms with Crippen LogP contribution in [0.25, 0.3) is 0 Å². The Kier molecular flexibility index (Phi) is 3.07. The summed E-state index contributed by atoms with van der Waals surface area (Å²) in [7, 11) is 1.69. The van der Waals surface area contributed by atoms with Gasteiger partial charge >= 0.3 is 0 Å². The molecule has 2 aromatic rings.